The van der Waals surface area contributed by atoms with Crippen LogP contribution in [0, 0.1) is 0 Å². The molecule has 0 aliphatic rings. The summed E-state index contributed by atoms with van der Waals surface area (Å²) in [7, 11) is 0. The fraction of sp³-hybridized carbons (Fsp3) is 0. The number of imidazole rings is 1. The summed E-state index contributed by atoms with van der Waals surface area (Å²) in [4.78, 5) is 17.4. The van der Waals surface area contributed by atoms with E-state index < -0.39 is 0 Å². The second-order valence-corrected chi connectivity index (χ2v) is 6.47. The smallest absolute Gasteiger partial charge is 0.267 e. The Hall–Kier alpha value is -2.82. The van der Waals surface area contributed by atoms with Crippen LogP contribution in [0.5, 0.6) is 0 Å². The van der Waals surface area contributed by atoms with Crippen molar-refractivity contribution in [3.05, 3.63) is 88.4 Å². The molecule has 0 saturated carbocycles. The van der Waals surface area contributed by atoms with Gasteiger partial charge in [-0.25, -0.2) is 9.66 Å². The summed E-state index contributed by atoms with van der Waals surface area (Å²) >= 11 is 12.5. The minimum atomic E-state index is -0.327. The zero-order valence-electron chi connectivity index (χ0n) is 13.5. The Morgan fingerprint density at radius 3 is 2.27 bits per heavy atom. The number of para-hydroxylation sites is 2. The van der Waals surface area contributed by atoms with E-state index in [9.17, 15) is 4.79 Å². The number of hydrogen-bond acceptors (Lipinski definition) is 2. The maximum atomic E-state index is 12.8. The van der Waals surface area contributed by atoms with E-state index in [1.165, 1.54) is 0 Å². The van der Waals surface area contributed by atoms with Crippen molar-refractivity contribution in [2.75, 3.05) is 5.43 Å². The van der Waals surface area contributed by atoms with Crippen molar-refractivity contribution < 1.29 is 4.79 Å². The molecule has 0 fully saturated rings. The summed E-state index contributed by atoms with van der Waals surface area (Å²) < 4.78 is 1.64. The summed E-state index contributed by atoms with van der Waals surface area (Å²) in [6.07, 6.45) is 0. The highest BCUT2D eigenvalue weighted by molar-refractivity contribution is 6.34. The lowest BCUT2D eigenvalue weighted by atomic mass is 10.2. The van der Waals surface area contributed by atoms with Gasteiger partial charge >= 0.3 is 0 Å². The van der Waals surface area contributed by atoms with Gasteiger partial charge in [0.05, 0.1) is 26.6 Å². The number of hydrogen-bond donors (Lipinski definition) is 1. The Morgan fingerprint density at radius 1 is 0.846 bits per heavy atom. The zero-order valence-corrected chi connectivity index (χ0v) is 15.0. The summed E-state index contributed by atoms with van der Waals surface area (Å²) in [6, 6.07) is 21.8. The van der Waals surface area contributed by atoms with Crippen LogP contribution in [0.15, 0.2) is 72.8 Å². The molecule has 0 bridgehead atoms. The first-order valence-electron chi connectivity index (χ1n) is 7.93. The van der Waals surface area contributed by atoms with Gasteiger partial charge in [-0.2, -0.15) is 0 Å². The molecule has 3 aromatic carbocycles. The minimum Gasteiger partial charge on any atom is -0.267 e. The SMILES string of the molecule is O=C(Nn1c(-c2ccccc2Cl)nc2ccccc21)c1ccccc1Cl. The van der Waals surface area contributed by atoms with Crippen molar-refractivity contribution in [1.29, 1.82) is 0 Å². The Kier molecular flexibility index (Phi) is 4.37. The van der Waals surface area contributed by atoms with Crippen LogP contribution in [-0.4, -0.2) is 15.6 Å². The van der Waals surface area contributed by atoms with E-state index in [4.69, 9.17) is 23.2 Å². The lowest BCUT2D eigenvalue weighted by Crippen LogP contribution is -2.24. The van der Waals surface area contributed by atoms with Gasteiger partial charge in [-0.1, -0.05) is 59.6 Å². The number of amides is 1. The first-order chi connectivity index (χ1) is 12.6. The van der Waals surface area contributed by atoms with E-state index in [0.29, 0.717) is 21.4 Å². The monoisotopic (exact) mass is 381 g/mol. The molecule has 0 unspecified atom stereocenters. The number of nitrogens with one attached hydrogen (secondary N) is 1. The van der Waals surface area contributed by atoms with Gasteiger partial charge in [0.2, 0.25) is 0 Å². The average Bonchev–Trinajstić information content (AvgIpc) is 3.01. The van der Waals surface area contributed by atoms with Crippen molar-refractivity contribution in [2.24, 2.45) is 0 Å². The second kappa shape index (κ2) is 6.83. The van der Waals surface area contributed by atoms with Crippen LogP contribution in [0.1, 0.15) is 10.4 Å². The highest BCUT2D eigenvalue weighted by Crippen LogP contribution is 2.29. The largest absolute Gasteiger partial charge is 0.271 e. The van der Waals surface area contributed by atoms with Crippen LogP contribution in [0.3, 0.4) is 0 Å². The highest BCUT2D eigenvalue weighted by Gasteiger charge is 2.18. The normalized spacial score (nSPS) is 10.8. The molecule has 0 saturated heterocycles. The third-order valence-electron chi connectivity index (χ3n) is 4.01. The molecule has 4 nitrogen and oxygen atoms in total. The molecule has 0 radical (unpaired) electrons. The van der Waals surface area contributed by atoms with Gasteiger partial charge in [-0.3, -0.25) is 10.2 Å². The van der Waals surface area contributed by atoms with Crippen molar-refractivity contribution in [3.8, 4) is 11.4 Å². The fourth-order valence-corrected chi connectivity index (χ4v) is 3.21. The van der Waals surface area contributed by atoms with Gasteiger partial charge in [-0.15, -0.1) is 0 Å². The molecule has 1 amide bonds. The number of halogens is 2. The van der Waals surface area contributed by atoms with Gasteiger partial charge in [0, 0.05) is 5.56 Å². The zero-order chi connectivity index (χ0) is 18.1. The maximum absolute atomic E-state index is 12.8. The number of aromatic nitrogens is 2. The number of nitrogens with zero attached hydrogens (tertiary/aromatic N) is 2. The standard InChI is InChI=1S/C20H13Cl2N3O/c21-15-9-3-1-7-13(15)19-23-17-11-5-6-12-18(17)25(19)24-20(26)14-8-2-4-10-16(14)22/h1-12H,(H,24,26). The Balaban J connectivity index is 1.86. The van der Waals surface area contributed by atoms with Crippen molar-refractivity contribution in [2.45, 2.75) is 0 Å². The van der Waals surface area contributed by atoms with Crippen LogP contribution in [0.25, 0.3) is 22.4 Å². The van der Waals surface area contributed by atoms with E-state index >= 15 is 0 Å². The molecule has 0 spiro atoms. The average molecular weight is 382 g/mol. The van der Waals surface area contributed by atoms with Crippen LogP contribution < -0.4 is 5.43 Å². The summed E-state index contributed by atoms with van der Waals surface area (Å²) in [5, 5.41) is 0.935. The van der Waals surface area contributed by atoms with Crippen molar-refractivity contribution in [1.82, 2.24) is 9.66 Å². The molecule has 1 N–H and O–H groups in total. The van der Waals surface area contributed by atoms with Crippen molar-refractivity contribution in [3.63, 3.8) is 0 Å². The Morgan fingerprint density at radius 2 is 1.50 bits per heavy atom. The van der Waals surface area contributed by atoms with Gasteiger partial charge < -0.3 is 0 Å². The predicted octanol–water partition coefficient (Wildman–Crippen LogP) is 5.39. The fourth-order valence-electron chi connectivity index (χ4n) is 2.77. The third kappa shape index (κ3) is 2.94. The van der Waals surface area contributed by atoms with Crippen LogP contribution in [-0.2, 0) is 0 Å². The predicted molar refractivity (Wildman–Crippen MR) is 105 cm³/mol. The van der Waals surface area contributed by atoms with Crippen molar-refractivity contribution >= 4 is 40.1 Å². The van der Waals surface area contributed by atoms with Gasteiger partial charge in [0.25, 0.3) is 5.91 Å². The molecular weight excluding hydrogens is 369 g/mol. The lowest BCUT2D eigenvalue weighted by molar-refractivity contribution is 0.101. The molecule has 1 heterocycles. The third-order valence-corrected chi connectivity index (χ3v) is 4.67. The topological polar surface area (TPSA) is 46.9 Å². The molecule has 128 valence electrons. The van der Waals surface area contributed by atoms with Crippen LogP contribution in [0.2, 0.25) is 10.0 Å². The quantitative estimate of drug-likeness (QED) is 0.516. The van der Waals surface area contributed by atoms with Gasteiger partial charge in [0.15, 0.2) is 5.82 Å². The number of rotatable bonds is 3. The first-order valence-corrected chi connectivity index (χ1v) is 8.69. The van der Waals surface area contributed by atoms with E-state index in [1.54, 1.807) is 35.0 Å². The second-order valence-electron chi connectivity index (χ2n) is 5.66. The molecule has 4 rings (SSSR count). The Bertz CT molecular complexity index is 1120. The molecule has 0 aliphatic carbocycles. The molecule has 1 aromatic heterocycles. The Labute approximate surface area is 160 Å². The van der Waals surface area contributed by atoms with Crippen LogP contribution >= 0.6 is 23.2 Å². The highest BCUT2D eigenvalue weighted by atomic mass is 35.5. The maximum Gasteiger partial charge on any atom is 0.271 e. The van der Waals surface area contributed by atoms with Gasteiger partial charge in [-0.05, 0) is 36.4 Å². The molecule has 0 aliphatic heterocycles. The molecule has 4 aromatic rings. The molecule has 26 heavy (non-hydrogen) atoms. The minimum absolute atomic E-state index is 0.327. The van der Waals surface area contributed by atoms with E-state index in [0.717, 1.165) is 16.6 Å². The number of carbonyl (C=O) groups is 1. The van der Waals surface area contributed by atoms with Crippen LogP contribution in [0.4, 0.5) is 0 Å². The lowest BCUT2D eigenvalue weighted by Gasteiger charge is -2.12. The summed E-state index contributed by atoms with van der Waals surface area (Å²) in [5.41, 5.74) is 5.52. The number of carbonyl (C=O) groups excluding carboxylic acids is 1. The van der Waals surface area contributed by atoms with E-state index in [-0.39, 0.29) is 5.91 Å². The first kappa shape index (κ1) is 16.6. The van der Waals surface area contributed by atoms with E-state index in [2.05, 4.69) is 10.4 Å². The molecule has 0 atom stereocenters. The number of benzene rings is 3. The van der Waals surface area contributed by atoms with E-state index in [1.807, 2.05) is 42.5 Å². The molecule has 6 heteroatoms. The summed E-state index contributed by atoms with van der Waals surface area (Å²) in [5.74, 6) is 0.226. The molecular formula is C20H13Cl2N3O. The number of fused-ring (bicyclic) bond motifs is 1. The summed E-state index contributed by atoms with van der Waals surface area (Å²) in [6.45, 7) is 0. The van der Waals surface area contributed by atoms with Gasteiger partial charge in [0.1, 0.15) is 0 Å².